The van der Waals surface area contributed by atoms with E-state index in [1.54, 1.807) is 13.2 Å². The van der Waals surface area contributed by atoms with Gasteiger partial charge >= 0.3 is 0 Å². The number of methoxy groups -OCH3 is 1. The lowest BCUT2D eigenvalue weighted by molar-refractivity contribution is 0.155. The van der Waals surface area contributed by atoms with Gasteiger partial charge in [-0.05, 0) is 80.5 Å². The molecule has 0 saturated heterocycles. The highest BCUT2D eigenvalue weighted by Crippen LogP contribution is 2.47. The predicted molar refractivity (Wildman–Crippen MR) is 127 cm³/mol. The normalized spacial score (nSPS) is 26.8. The smallest absolute Gasteiger partial charge is 0.191 e. The van der Waals surface area contributed by atoms with Gasteiger partial charge in [0.2, 0.25) is 0 Å². The molecule has 0 aliphatic heterocycles. The Balaban J connectivity index is 1.50. The molecule has 0 bridgehead atoms. The van der Waals surface area contributed by atoms with Crippen molar-refractivity contribution < 1.29 is 9.13 Å². The number of isothiocyanates is 1. The summed E-state index contributed by atoms with van der Waals surface area (Å²) in [6.45, 7) is 2.29. The first kappa shape index (κ1) is 23.4. The van der Waals surface area contributed by atoms with E-state index < -0.39 is 5.82 Å². The Labute approximate surface area is 187 Å². The molecule has 0 heterocycles. The van der Waals surface area contributed by atoms with Crippen LogP contribution in [-0.2, 0) is 0 Å². The van der Waals surface area contributed by atoms with Crippen molar-refractivity contribution in [2.24, 2.45) is 22.7 Å². The van der Waals surface area contributed by atoms with Crippen molar-refractivity contribution in [2.45, 2.75) is 96.3 Å². The zero-order chi connectivity index (χ0) is 21.3. The standard InChI is InChI=1S/C26H38FNOS/c1-3-4-5-6-7-19-8-10-20(11-9-19)21-12-14-22(15-13-21)23-16-17-24(28-18-30)25(27)26(23)29-2/h16-17,19-22H,3-15H2,1-2H3/t19-,20-,21-,22-. The molecule has 0 N–H and O–H groups in total. The Kier molecular flexibility index (Phi) is 9.33. The number of benzene rings is 1. The van der Waals surface area contributed by atoms with Gasteiger partial charge in [0.1, 0.15) is 5.69 Å². The number of halogens is 1. The Bertz CT molecular complexity index is 714. The molecule has 0 unspecified atom stereocenters. The van der Waals surface area contributed by atoms with Crippen LogP contribution in [0.3, 0.4) is 0 Å². The molecule has 4 heteroatoms. The molecular formula is C26H38FNOS. The van der Waals surface area contributed by atoms with E-state index in [0.717, 1.165) is 36.2 Å². The van der Waals surface area contributed by atoms with Gasteiger partial charge in [0, 0.05) is 5.56 Å². The van der Waals surface area contributed by atoms with E-state index in [1.807, 2.05) is 6.07 Å². The molecule has 2 saturated carbocycles. The van der Waals surface area contributed by atoms with E-state index in [1.165, 1.54) is 70.6 Å². The van der Waals surface area contributed by atoms with Gasteiger partial charge in [-0.25, -0.2) is 4.39 Å². The van der Waals surface area contributed by atoms with Crippen LogP contribution in [0.25, 0.3) is 0 Å². The lowest BCUT2D eigenvalue weighted by Gasteiger charge is -2.38. The molecule has 0 aromatic heterocycles. The highest BCUT2D eigenvalue weighted by Gasteiger charge is 2.32. The Morgan fingerprint density at radius 3 is 2.27 bits per heavy atom. The molecule has 1 aromatic carbocycles. The van der Waals surface area contributed by atoms with Crippen molar-refractivity contribution >= 4 is 23.1 Å². The van der Waals surface area contributed by atoms with Crippen LogP contribution in [0.5, 0.6) is 5.75 Å². The summed E-state index contributed by atoms with van der Waals surface area (Å²) in [7, 11) is 1.54. The van der Waals surface area contributed by atoms with E-state index >= 15 is 0 Å². The number of rotatable bonds is 9. The summed E-state index contributed by atoms with van der Waals surface area (Å²) in [5, 5.41) is 2.25. The second-order valence-corrected chi connectivity index (χ2v) is 9.65. The summed E-state index contributed by atoms with van der Waals surface area (Å²) in [5.74, 6) is 3.06. The molecule has 30 heavy (non-hydrogen) atoms. The highest BCUT2D eigenvalue weighted by atomic mass is 32.1. The molecule has 0 spiro atoms. The van der Waals surface area contributed by atoms with Crippen molar-refractivity contribution in [1.29, 1.82) is 0 Å². The maximum absolute atomic E-state index is 14.7. The van der Waals surface area contributed by atoms with E-state index in [2.05, 4.69) is 29.3 Å². The third-order valence-electron chi connectivity index (χ3n) is 7.71. The molecule has 2 aliphatic rings. The minimum absolute atomic E-state index is 0.214. The Morgan fingerprint density at radius 1 is 1.00 bits per heavy atom. The van der Waals surface area contributed by atoms with Crippen molar-refractivity contribution in [3.63, 3.8) is 0 Å². The second-order valence-electron chi connectivity index (χ2n) is 9.47. The number of aliphatic imine (C=N–C) groups is 1. The first-order valence-electron chi connectivity index (χ1n) is 12.1. The summed E-state index contributed by atoms with van der Waals surface area (Å²) in [6, 6.07) is 3.68. The van der Waals surface area contributed by atoms with Crippen LogP contribution in [0.1, 0.15) is 102 Å². The first-order chi connectivity index (χ1) is 14.7. The number of unbranched alkanes of at least 4 members (excludes halogenated alkanes) is 3. The quantitative estimate of drug-likeness (QED) is 0.222. The predicted octanol–water partition coefficient (Wildman–Crippen LogP) is 8.62. The van der Waals surface area contributed by atoms with Gasteiger partial charge in [0.25, 0.3) is 0 Å². The van der Waals surface area contributed by atoms with Gasteiger partial charge in [-0.3, -0.25) is 0 Å². The van der Waals surface area contributed by atoms with Crippen LogP contribution >= 0.6 is 12.2 Å². The second kappa shape index (κ2) is 12.0. The van der Waals surface area contributed by atoms with Gasteiger partial charge in [-0.1, -0.05) is 57.9 Å². The van der Waals surface area contributed by atoms with E-state index in [4.69, 9.17) is 4.74 Å². The lowest BCUT2D eigenvalue weighted by atomic mass is 9.68. The van der Waals surface area contributed by atoms with Crippen LogP contribution < -0.4 is 4.74 Å². The fraction of sp³-hybridized carbons (Fsp3) is 0.731. The maximum Gasteiger partial charge on any atom is 0.191 e. The molecule has 2 nitrogen and oxygen atoms in total. The maximum atomic E-state index is 14.7. The minimum Gasteiger partial charge on any atom is -0.493 e. The van der Waals surface area contributed by atoms with Gasteiger partial charge in [0.15, 0.2) is 11.6 Å². The van der Waals surface area contributed by atoms with Crippen molar-refractivity contribution in [1.82, 2.24) is 0 Å². The summed E-state index contributed by atoms with van der Waals surface area (Å²) in [5.41, 5.74) is 1.21. The van der Waals surface area contributed by atoms with E-state index in [0.29, 0.717) is 11.7 Å². The number of ether oxygens (including phenoxy) is 1. The summed E-state index contributed by atoms with van der Waals surface area (Å²) in [4.78, 5) is 3.82. The summed E-state index contributed by atoms with van der Waals surface area (Å²) >= 11 is 4.62. The van der Waals surface area contributed by atoms with Crippen LogP contribution in [-0.4, -0.2) is 12.3 Å². The fourth-order valence-electron chi connectivity index (χ4n) is 5.93. The average molecular weight is 432 g/mol. The van der Waals surface area contributed by atoms with Crippen LogP contribution in [0.2, 0.25) is 0 Å². The van der Waals surface area contributed by atoms with Crippen LogP contribution in [0, 0.1) is 23.6 Å². The third kappa shape index (κ3) is 5.92. The zero-order valence-corrected chi connectivity index (χ0v) is 19.6. The summed E-state index contributed by atoms with van der Waals surface area (Å²) < 4.78 is 20.1. The topological polar surface area (TPSA) is 21.6 Å². The molecule has 0 amide bonds. The number of nitrogens with zero attached hydrogens (tertiary/aromatic N) is 1. The van der Waals surface area contributed by atoms with E-state index in [9.17, 15) is 4.39 Å². The Morgan fingerprint density at radius 2 is 1.67 bits per heavy atom. The molecule has 166 valence electrons. The van der Waals surface area contributed by atoms with Crippen molar-refractivity contribution in [3.8, 4) is 5.75 Å². The zero-order valence-electron chi connectivity index (χ0n) is 18.8. The number of hydrogen-bond acceptors (Lipinski definition) is 3. The molecule has 1 aromatic rings. The van der Waals surface area contributed by atoms with Gasteiger partial charge in [-0.2, -0.15) is 4.99 Å². The molecule has 2 fully saturated rings. The van der Waals surface area contributed by atoms with Gasteiger partial charge in [-0.15, -0.1) is 0 Å². The largest absolute Gasteiger partial charge is 0.493 e. The molecule has 2 aliphatic carbocycles. The number of hydrogen-bond donors (Lipinski definition) is 0. The minimum atomic E-state index is -0.410. The Hall–Kier alpha value is -1.25. The van der Waals surface area contributed by atoms with Crippen molar-refractivity contribution in [2.75, 3.05) is 7.11 Å². The van der Waals surface area contributed by atoms with Crippen molar-refractivity contribution in [3.05, 3.63) is 23.5 Å². The first-order valence-corrected chi connectivity index (χ1v) is 12.5. The SMILES string of the molecule is CCCCCC[C@H]1CC[C@H]([C@H]2CC[C@H](c3ccc(N=C=S)c(F)c3OC)CC2)CC1. The van der Waals surface area contributed by atoms with Crippen LogP contribution in [0.4, 0.5) is 10.1 Å². The molecular weight excluding hydrogens is 393 g/mol. The molecule has 0 atom stereocenters. The summed E-state index contributed by atoms with van der Waals surface area (Å²) in [6.07, 6.45) is 17.6. The average Bonchev–Trinajstić information content (AvgIpc) is 2.79. The molecule has 3 rings (SSSR count). The van der Waals surface area contributed by atoms with Gasteiger partial charge in [0.05, 0.1) is 12.3 Å². The van der Waals surface area contributed by atoms with Gasteiger partial charge < -0.3 is 4.74 Å². The fourth-order valence-corrected chi connectivity index (χ4v) is 6.03. The highest BCUT2D eigenvalue weighted by molar-refractivity contribution is 7.78. The van der Waals surface area contributed by atoms with Crippen LogP contribution in [0.15, 0.2) is 17.1 Å². The monoisotopic (exact) mass is 431 g/mol. The number of thiocarbonyl (C=S) groups is 1. The molecule has 0 radical (unpaired) electrons. The lowest BCUT2D eigenvalue weighted by Crippen LogP contribution is -2.25. The van der Waals surface area contributed by atoms with E-state index in [-0.39, 0.29) is 5.69 Å². The third-order valence-corrected chi connectivity index (χ3v) is 7.80.